The number of aromatic nitrogens is 1. The molecule has 0 bridgehead atoms. The third kappa shape index (κ3) is 3.69. The summed E-state index contributed by atoms with van der Waals surface area (Å²) in [6.07, 6.45) is 0.296. The maximum Gasteiger partial charge on any atom is 0.418 e. The molecule has 0 radical (unpaired) electrons. The number of hydrogen-bond donors (Lipinski definition) is 2. The van der Waals surface area contributed by atoms with Crippen LogP contribution >= 0.6 is 0 Å². The van der Waals surface area contributed by atoms with E-state index in [2.05, 4.69) is 4.74 Å². The molecular formula is C18H16N2O6S. The Balaban J connectivity index is 1.96. The average Bonchev–Trinajstić information content (AvgIpc) is 3.08. The Hall–Kier alpha value is -3.17. The minimum Gasteiger partial charge on any atom is -0.473 e. The average molecular weight is 388 g/mol. The van der Waals surface area contributed by atoms with Crippen LogP contribution in [0.3, 0.4) is 0 Å². The quantitative estimate of drug-likeness (QED) is 0.383. The number of benzene rings is 2. The minimum atomic E-state index is -3.78. The van der Waals surface area contributed by atoms with Gasteiger partial charge in [-0.2, -0.15) is 0 Å². The van der Waals surface area contributed by atoms with Gasteiger partial charge in [0.25, 0.3) is 10.0 Å². The number of carbonyl (C=O) groups is 2. The zero-order chi connectivity index (χ0) is 19.6. The third-order valence-electron chi connectivity index (χ3n) is 3.94. The molecule has 1 unspecified atom stereocenters. The molecule has 1 atom stereocenters. The van der Waals surface area contributed by atoms with Gasteiger partial charge in [-0.15, -0.1) is 0 Å². The maximum atomic E-state index is 12.9. The van der Waals surface area contributed by atoms with E-state index in [4.69, 9.17) is 10.8 Å². The smallest absolute Gasteiger partial charge is 0.418 e. The Morgan fingerprint density at radius 3 is 2.44 bits per heavy atom. The highest BCUT2D eigenvalue weighted by atomic mass is 32.2. The van der Waals surface area contributed by atoms with Gasteiger partial charge in [0.1, 0.15) is 0 Å². The monoisotopic (exact) mass is 388 g/mol. The topological polar surface area (TPSA) is 129 Å². The van der Waals surface area contributed by atoms with Crippen LogP contribution in [0.5, 0.6) is 0 Å². The lowest BCUT2D eigenvalue weighted by Gasteiger charge is -2.13. The van der Waals surface area contributed by atoms with E-state index in [0.717, 1.165) is 3.97 Å². The highest BCUT2D eigenvalue weighted by Crippen LogP contribution is 2.25. The van der Waals surface area contributed by atoms with Gasteiger partial charge in [-0.25, -0.2) is 22.0 Å². The summed E-state index contributed by atoms with van der Waals surface area (Å²) in [5, 5.41) is 9.18. The molecule has 0 saturated heterocycles. The van der Waals surface area contributed by atoms with Crippen molar-refractivity contribution in [3.63, 3.8) is 0 Å². The minimum absolute atomic E-state index is 0.0335. The number of carboxylic acid groups (broad SMARTS) is 1. The molecule has 3 rings (SSSR count). The Morgan fingerprint density at radius 2 is 1.78 bits per heavy atom. The molecule has 0 aliphatic heterocycles. The first-order valence-electron chi connectivity index (χ1n) is 7.90. The fourth-order valence-corrected chi connectivity index (χ4v) is 4.11. The molecule has 0 aliphatic carbocycles. The van der Waals surface area contributed by atoms with Crippen molar-refractivity contribution in [2.45, 2.75) is 17.5 Å². The van der Waals surface area contributed by atoms with Gasteiger partial charge in [-0.05, 0) is 29.8 Å². The molecule has 0 saturated carbocycles. The second-order valence-corrected chi connectivity index (χ2v) is 7.55. The molecule has 140 valence electrons. The molecule has 27 heavy (non-hydrogen) atoms. The van der Waals surface area contributed by atoms with E-state index >= 15 is 0 Å². The molecule has 0 fully saturated rings. The summed E-state index contributed by atoms with van der Waals surface area (Å²) in [7, 11) is -3.78. The number of carbonyl (C=O) groups excluding carboxylic acids is 1. The molecule has 0 aliphatic rings. The molecule has 3 N–H and O–H groups in total. The van der Waals surface area contributed by atoms with Gasteiger partial charge in [-0.1, -0.05) is 30.3 Å². The molecule has 2 aromatic carbocycles. The van der Waals surface area contributed by atoms with Crippen LogP contribution < -0.4 is 5.73 Å². The van der Waals surface area contributed by atoms with E-state index in [1.165, 1.54) is 18.3 Å². The second kappa shape index (κ2) is 7.22. The van der Waals surface area contributed by atoms with E-state index in [1.807, 2.05) is 0 Å². The predicted octanol–water partition coefficient (Wildman–Crippen LogP) is 1.33. The van der Waals surface area contributed by atoms with Crippen molar-refractivity contribution in [2.75, 3.05) is 0 Å². The third-order valence-corrected chi connectivity index (χ3v) is 5.65. The van der Waals surface area contributed by atoms with E-state index in [1.54, 1.807) is 42.5 Å². The Morgan fingerprint density at radius 1 is 1.07 bits per heavy atom. The van der Waals surface area contributed by atoms with Crippen molar-refractivity contribution in [3.05, 3.63) is 66.4 Å². The van der Waals surface area contributed by atoms with Gasteiger partial charge in [0.2, 0.25) is 0 Å². The van der Waals surface area contributed by atoms with Crippen molar-refractivity contribution >= 4 is 32.9 Å². The first kappa shape index (κ1) is 18.6. The Kier molecular flexibility index (Phi) is 4.98. The van der Waals surface area contributed by atoms with Gasteiger partial charge in [0.05, 0.1) is 10.4 Å². The van der Waals surface area contributed by atoms with Gasteiger partial charge in [-0.3, -0.25) is 5.73 Å². The van der Waals surface area contributed by atoms with E-state index in [0.29, 0.717) is 16.5 Å². The van der Waals surface area contributed by atoms with Crippen LogP contribution in [0, 0.1) is 0 Å². The van der Waals surface area contributed by atoms with Gasteiger partial charge >= 0.3 is 11.9 Å². The predicted molar refractivity (Wildman–Crippen MR) is 96.4 cm³/mol. The van der Waals surface area contributed by atoms with Crippen molar-refractivity contribution in [1.82, 2.24) is 3.97 Å². The van der Waals surface area contributed by atoms with Crippen LogP contribution in [-0.4, -0.2) is 35.7 Å². The number of rotatable bonds is 5. The number of nitrogens with zero attached hydrogens (tertiary/aromatic N) is 1. The van der Waals surface area contributed by atoms with Crippen molar-refractivity contribution in [2.24, 2.45) is 5.73 Å². The lowest BCUT2D eigenvalue weighted by molar-refractivity contribution is -0.167. The zero-order valence-electron chi connectivity index (χ0n) is 14.0. The Bertz CT molecular complexity index is 1110. The number of esters is 1. The summed E-state index contributed by atoms with van der Waals surface area (Å²) in [5.41, 5.74) is 6.75. The molecule has 0 amide bonds. The second-order valence-electron chi connectivity index (χ2n) is 5.73. The number of fused-ring (bicyclic) bond motifs is 1. The molecule has 3 aromatic rings. The maximum absolute atomic E-state index is 12.9. The molecule has 8 nitrogen and oxygen atoms in total. The normalized spacial score (nSPS) is 12.6. The van der Waals surface area contributed by atoms with Crippen molar-refractivity contribution in [3.8, 4) is 0 Å². The standard InChI is InChI=1S/C18H16N2O6S/c19-16(26-18(23)17(21)22)11-12-5-4-8-15-14(12)9-10-20(15)27(24,25)13-6-2-1-3-7-13/h1-10,16H,11,19H2,(H,21,22). The molecule has 0 spiro atoms. The molecular weight excluding hydrogens is 372 g/mol. The fourth-order valence-electron chi connectivity index (χ4n) is 2.75. The van der Waals surface area contributed by atoms with E-state index < -0.39 is 28.2 Å². The number of carboxylic acids is 1. The van der Waals surface area contributed by atoms with Crippen molar-refractivity contribution < 1.29 is 27.9 Å². The first-order valence-corrected chi connectivity index (χ1v) is 9.34. The number of nitrogens with two attached hydrogens (primary N) is 1. The number of aliphatic carboxylic acids is 1. The van der Waals surface area contributed by atoms with E-state index in [-0.39, 0.29) is 11.3 Å². The molecule has 9 heteroatoms. The van der Waals surface area contributed by atoms with Crippen molar-refractivity contribution in [1.29, 1.82) is 0 Å². The first-order chi connectivity index (χ1) is 12.8. The van der Waals surface area contributed by atoms with Gasteiger partial charge in [0, 0.05) is 18.0 Å². The fraction of sp³-hybridized carbons (Fsp3) is 0.111. The summed E-state index contributed by atoms with van der Waals surface area (Å²) >= 11 is 0. The van der Waals surface area contributed by atoms with Gasteiger partial charge in [0.15, 0.2) is 6.23 Å². The van der Waals surface area contributed by atoms with Crippen LogP contribution in [0.15, 0.2) is 65.7 Å². The molecule has 1 aromatic heterocycles. The number of hydrogen-bond acceptors (Lipinski definition) is 6. The van der Waals surface area contributed by atoms with Crippen LogP contribution in [0.25, 0.3) is 10.9 Å². The number of ether oxygens (including phenoxy) is 1. The summed E-state index contributed by atoms with van der Waals surface area (Å²) in [6, 6.07) is 14.6. The SMILES string of the molecule is NC(Cc1cccc2c1ccn2S(=O)(=O)c1ccccc1)OC(=O)C(=O)O. The summed E-state index contributed by atoms with van der Waals surface area (Å²) in [6.45, 7) is 0. The van der Waals surface area contributed by atoms with Crippen LogP contribution in [0.2, 0.25) is 0 Å². The van der Waals surface area contributed by atoms with Crippen LogP contribution in [0.4, 0.5) is 0 Å². The largest absolute Gasteiger partial charge is 0.473 e. The van der Waals surface area contributed by atoms with Crippen LogP contribution in [0.1, 0.15) is 5.56 Å². The van der Waals surface area contributed by atoms with E-state index in [9.17, 15) is 18.0 Å². The Labute approximate surface area is 154 Å². The summed E-state index contributed by atoms with van der Waals surface area (Å²) < 4.78 is 31.5. The lowest BCUT2D eigenvalue weighted by Crippen LogP contribution is -2.32. The highest BCUT2D eigenvalue weighted by molar-refractivity contribution is 7.90. The van der Waals surface area contributed by atoms with Gasteiger partial charge < -0.3 is 9.84 Å². The summed E-state index contributed by atoms with van der Waals surface area (Å²) in [4.78, 5) is 21.8. The molecule has 1 heterocycles. The highest BCUT2D eigenvalue weighted by Gasteiger charge is 2.21. The summed E-state index contributed by atoms with van der Waals surface area (Å²) in [5.74, 6) is -3.18. The lowest BCUT2D eigenvalue weighted by atomic mass is 10.1. The zero-order valence-corrected chi connectivity index (χ0v) is 14.8. The van der Waals surface area contributed by atoms with Crippen LogP contribution in [-0.2, 0) is 30.8 Å².